The molecule has 158 valence electrons. The minimum Gasteiger partial charge on any atom is -0.326 e. The molecule has 4 aliphatic rings. The van der Waals surface area contributed by atoms with Crippen molar-refractivity contribution in [3.05, 3.63) is 76.8 Å². The summed E-state index contributed by atoms with van der Waals surface area (Å²) in [5, 5.41) is 2.89. The Labute approximate surface area is 189 Å². The van der Waals surface area contributed by atoms with E-state index in [0.717, 1.165) is 22.9 Å². The summed E-state index contributed by atoms with van der Waals surface area (Å²) in [5.41, 5.74) is 1.48. The van der Waals surface area contributed by atoms with E-state index in [0.29, 0.717) is 5.69 Å². The number of carbonyl (C=O) groups is 3. The monoisotopic (exact) mass is 478 g/mol. The zero-order valence-corrected chi connectivity index (χ0v) is 18.5. The molecule has 2 fully saturated rings. The first-order chi connectivity index (χ1) is 15.0. The highest BCUT2D eigenvalue weighted by atomic mass is 79.9. The maximum absolute atomic E-state index is 13.5. The van der Waals surface area contributed by atoms with Crippen molar-refractivity contribution in [2.24, 2.45) is 23.7 Å². The fourth-order valence-corrected chi connectivity index (χ4v) is 5.62. The Balaban J connectivity index is 1.43. The van der Waals surface area contributed by atoms with Gasteiger partial charge in [-0.2, -0.15) is 0 Å². The molecular formula is C25H23BrN2O3. The number of hydrogen-bond acceptors (Lipinski definition) is 3. The van der Waals surface area contributed by atoms with Crippen molar-refractivity contribution in [1.29, 1.82) is 0 Å². The molecule has 1 heterocycles. The first kappa shape index (κ1) is 20.2. The van der Waals surface area contributed by atoms with E-state index in [1.807, 2.05) is 54.6 Å². The van der Waals surface area contributed by atoms with Crippen LogP contribution in [0.2, 0.25) is 0 Å². The smallest absolute Gasteiger partial charge is 0.234 e. The number of carbonyl (C=O) groups excluding carboxylic acids is 3. The lowest BCUT2D eigenvalue weighted by molar-refractivity contribution is -0.143. The third-order valence-electron chi connectivity index (χ3n) is 6.80. The average molecular weight is 479 g/mol. The third-order valence-corrected chi connectivity index (χ3v) is 7.32. The third kappa shape index (κ3) is 3.63. The van der Waals surface area contributed by atoms with Gasteiger partial charge in [0.1, 0.15) is 0 Å². The molecular weight excluding hydrogens is 456 g/mol. The van der Waals surface area contributed by atoms with Crippen LogP contribution in [0.25, 0.3) is 0 Å². The Morgan fingerprint density at radius 3 is 2.06 bits per heavy atom. The fraction of sp³-hybridized carbons (Fsp3) is 0.320. The number of likely N-dealkylation sites (tertiary alicyclic amines) is 1. The van der Waals surface area contributed by atoms with Gasteiger partial charge in [0, 0.05) is 10.2 Å². The topological polar surface area (TPSA) is 66.5 Å². The average Bonchev–Trinajstić information content (AvgIpc) is 3.07. The van der Waals surface area contributed by atoms with Crippen LogP contribution in [0.4, 0.5) is 5.69 Å². The predicted octanol–water partition coefficient (Wildman–Crippen LogP) is 4.72. The molecule has 1 aliphatic heterocycles. The number of amides is 3. The van der Waals surface area contributed by atoms with Crippen LogP contribution in [0.5, 0.6) is 0 Å². The summed E-state index contributed by atoms with van der Waals surface area (Å²) in [4.78, 5) is 41.2. The minimum absolute atomic E-state index is 0.0275. The molecule has 0 aromatic heterocycles. The second-order valence-electron chi connectivity index (χ2n) is 8.57. The van der Waals surface area contributed by atoms with Gasteiger partial charge in [-0.25, -0.2) is 0 Å². The van der Waals surface area contributed by atoms with Gasteiger partial charge >= 0.3 is 0 Å². The number of nitrogens with one attached hydrogen (secondary N) is 1. The van der Waals surface area contributed by atoms with Crippen molar-refractivity contribution in [3.8, 4) is 0 Å². The summed E-state index contributed by atoms with van der Waals surface area (Å²) in [7, 11) is 0. The van der Waals surface area contributed by atoms with E-state index in [9.17, 15) is 14.4 Å². The number of halogens is 1. The van der Waals surface area contributed by atoms with Crippen molar-refractivity contribution >= 4 is 39.3 Å². The maximum atomic E-state index is 13.5. The molecule has 31 heavy (non-hydrogen) atoms. The first-order valence-corrected chi connectivity index (χ1v) is 11.5. The molecule has 5 atom stereocenters. The Hall–Kier alpha value is -2.73. The van der Waals surface area contributed by atoms with Crippen molar-refractivity contribution in [3.63, 3.8) is 0 Å². The number of imide groups is 1. The molecule has 0 spiro atoms. The first-order valence-electron chi connectivity index (χ1n) is 10.7. The normalized spacial score (nSPS) is 27.3. The van der Waals surface area contributed by atoms with Crippen LogP contribution >= 0.6 is 15.9 Å². The van der Waals surface area contributed by atoms with E-state index in [4.69, 9.17) is 0 Å². The molecule has 6 heteroatoms. The van der Waals surface area contributed by atoms with Gasteiger partial charge in [0.25, 0.3) is 0 Å². The van der Waals surface area contributed by atoms with Crippen molar-refractivity contribution in [2.75, 3.05) is 5.32 Å². The quantitative estimate of drug-likeness (QED) is 0.499. The van der Waals surface area contributed by atoms with Crippen LogP contribution < -0.4 is 5.32 Å². The molecule has 3 amide bonds. The van der Waals surface area contributed by atoms with Gasteiger partial charge in [-0.1, -0.05) is 58.4 Å². The Morgan fingerprint density at radius 1 is 0.935 bits per heavy atom. The number of nitrogens with zero attached hydrogens (tertiary/aromatic N) is 1. The van der Waals surface area contributed by atoms with Crippen LogP contribution in [-0.2, 0) is 14.4 Å². The van der Waals surface area contributed by atoms with E-state index in [-0.39, 0.29) is 47.8 Å². The molecule has 6 rings (SSSR count). The Bertz CT molecular complexity index is 1020. The zero-order chi connectivity index (χ0) is 21.5. The van der Waals surface area contributed by atoms with E-state index in [2.05, 4.69) is 33.4 Å². The zero-order valence-electron chi connectivity index (χ0n) is 16.9. The van der Waals surface area contributed by atoms with E-state index >= 15 is 0 Å². The largest absolute Gasteiger partial charge is 0.326 e. The predicted molar refractivity (Wildman–Crippen MR) is 121 cm³/mol. The van der Waals surface area contributed by atoms with Gasteiger partial charge in [-0.05, 0) is 54.5 Å². The number of rotatable bonds is 5. The lowest BCUT2D eigenvalue weighted by atomic mass is 9.63. The van der Waals surface area contributed by atoms with E-state index in [1.54, 1.807) is 0 Å². The SMILES string of the molecule is O=C(CC(c1ccccc1)N1C(=O)C2C3C=CC(CC3)C2C1=O)Nc1ccc(Br)cc1. The number of benzene rings is 2. The van der Waals surface area contributed by atoms with Crippen LogP contribution in [-0.4, -0.2) is 22.6 Å². The summed E-state index contributed by atoms with van der Waals surface area (Å²) >= 11 is 3.39. The molecule has 5 unspecified atom stereocenters. The summed E-state index contributed by atoms with van der Waals surface area (Å²) in [5.74, 6) is -0.783. The van der Waals surface area contributed by atoms with E-state index < -0.39 is 6.04 Å². The lowest BCUT2D eigenvalue weighted by Gasteiger charge is -2.38. The lowest BCUT2D eigenvalue weighted by Crippen LogP contribution is -2.38. The highest BCUT2D eigenvalue weighted by molar-refractivity contribution is 9.10. The maximum Gasteiger partial charge on any atom is 0.234 e. The van der Waals surface area contributed by atoms with Crippen molar-refractivity contribution in [2.45, 2.75) is 25.3 Å². The number of hydrogen-bond donors (Lipinski definition) is 1. The molecule has 0 radical (unpaired) electrons. The van der Waals surface area contributed by atoms with Gasteiger partial charge in [0.15, 0.2) is 0 Å². The van der Waals surface area contributed by atoms with Gasteiger partial charge in [0.2, 0.25) is 17.7 Å². The molecule has 3 aliphatic carbocycles. The second kappa shape index (κ2) is 8.08. The van der Waals surface area contributed by atoms with E-state index in [1.165, 1.54) is 4.90 Å². The standard InChI is InChI=1S/C25H23BrN2O3/c26-18-10-12-19(13-11-18)27-21(29)14-20(15-4-2-1-3-5-15)28-24(30)22-16-6-7-17(9-8-16)23(22)25(28)31/h1-7,10-13,16-17,20,22-23H,8-9,14H2,(H,27,29). The van der Waals surface area contributed by atoms with Gasteiger partial charge in [-0.3, -0.25) is 19.3 Å². The van der Waals surface area contributed by atoms with Crippen LogP contribution in [0.1, 0.15) is 30.9 Å². The minimum atomic E-state index is -0.610. The number of anilines is 1. The number of allylic oxidation sites excluding steroid dienone is 2. The second-order valence-corrected chi connectivity index (χ2v) is 9.49. The molecule has 2 aromatic rings. The highest BCUT2D eigenvalue weighted by Gasteiger charge is 2.58. The van der Waals surface area contributed by atoms with Crippen LogP contribution in [0.3, 0.4) is 0 Å². The Kier molecular flexibility index (Phi) is 5.26. The fourth-order valence-electron chi connectivity index (χ4n) is 5.36. The van der Waals surface area contributed by atoms with Crippen molar-refractivity contribution < 1.29 is 14.4 Å². The summed E-state index contributed by atoms with van der Waals surface area (Å²) in [6.07, 6.45) is 6.16. The van der Waals surface area contributed by atoms with Gasteiger partial charge in [0.05, 0.1) is 24.3 Å². The summed E-state index contributed by atoms with van der Waals surface area (Å²) in [6.45, 7) is 0. The van der Waals surface area contributed by atoms with Crippen LogP contribution in [0, 0.1) is 23.7 Å². The van der Waals surface area contributed by atoms with Gasteiger partial charge < -0.3 is 5.32 Å². The highest BCUT2D eigenvalue weighted by Crippen LogP contribution is 2.51. The molecule has 2 aromatic carbocycles. The van der Waals surface area contributed by atoms with Crippen LogP contribution in [0.15, 0.2) is 71.2 Å². The molecule has 1 saturated carbocycles. The molecule has 1 saturated heterocycles. The Morgan fingerprint density at radius 2 is 1.52 bits per heavy atom. The van der Waals surface area contributed by atoms with Crippen molar-refractivity contribution in [1.82, 2.24) is 4.90 Å². The molecule has 5 nitrogen and oxygen atoms in total. The van der Waals surface area contributed by atoms with Gasteiger partial charge in [-0.15, -0.1) is 0 Å². The summed E-state index contributed by atoms with van der Waals surface area (Å²) < 4.78 is 0.923. The molecule has 1 N–H and O–H groups in total. The molecule has 2 bridgehead atoms. The number of fused-ring (bicyclic) bond motifs is 1. The summed E-state index contributed by atoms with van der Waals surface area (Å²) in [6, 6.07) is 16.1.